The van der Waals surface area contributed by atoms with Crippen LogP contribution in [-0.4, -0.2) is 25.6 Å². The average Bonchev–Trinajstić information content (AvgIpc) is 3.10. The minimum Gasteiger partial charge on any atom is -0.444 e. The molecule has 1 aromatic heterocycles. The van der Waals surface area contributed by atoms with Crippen molar-refractivity contribution < 1.29 is 17.6 Å². The molecule has 0 aliphatic rings. The van der Waals surface area contributed by atoms with Crippen LogP contribution in [0.2, 0.25) is 0 Å². The summed E-state index contributed by atoms with van der Waals surface area (Å²) in [6.45, 7) is 1.84. The second kappa shape index (κ2) is 7.75. The van der Waals surface area contributed by atoms with Crippen molar-refractivity contribution in [1.29, 1.82) is 0 Å². The Morgan fingerprint density at radius 3 is 2.41 bits per heavy atom. The molecule has 1 amide bonds. The molecule has 1 atom stereocenters. The van der Waals surface area contributed by atoms with Crippen LogP contribution in [0, 0.1) is 0 Å². The third kappa shape index (κ3) is 4.83. The molecule has 0 saturated carbocycles. The predicted octanol–water partition coefficient (Wildman–Crippen LogP) is 3.17. The lowest BCUT2D eigenvalue weighted by Crippen LogP contribution is -2.28. The summed E-state index contributed by atoms with van der Waals surface area (Å²) in [5.74, 6) is 0.283. The number of nitrogens with zero attached hydrogens (tertiary/aromatic N) is 1. The molecule has 0 unspecified atom stereocenters. The number of aromatic nitrogens is 1. The summed E-state index contributed by atoms with van der Waals surface area (Å²) in [5.41, 5.74) is 2.22. The van der Waals surface area contributed by atoms with Gasteiger partial charge in [0.15, 0.2) is 9.84 Å². The third-order valence-electron chi connectivity index (χ3n) is 4.10. The third-order valence-corrected chi connectivity index (χ3v) is 5.23. The molecular formula is C20H20N2O4S. The van der Waals surface area contributed by atoms with E-state index in [1.54, 1.807) is 12.1 Å². The van der Waals surface area contributed by atoms with Crippen molar-refractivity contribution in [1.82, 2.24) is 10.3 Å². The normalized spacial score (nSPS) is 12.5. The molecule has 1 heterocycles. The smallest absolute Gasteiger partial charge is 0.226 e. The van der Waals surface area contributed by atoms with Gasteiger partial charge in [-0.05, 0) is 36.8 Å². The molecule has 0 aliphatic carbocycles. The van der Waals surface area contributed by atoms with Crippen LogP contribution in [0.15, 0.2) is 70.2 Å². The number of nitrogens with one attached hydrogen (secondary N) is 1. The molecule has 1 N–H and O–H groups in total. The summed E-state index contributed by atoms with van der Waals surface area (Å²) in [6.07, 6.45) is 2.74. The monoisotopic (exact) mass is 384 g/mol. The van der Waals surface area contributed by atoms with Gasteiger partial charge in [0.25, 0.3) is 0 Å². The Kier molecular flexibility index (Phi) is 5.41. The lowest BCUT2D eigenvalue weighted by molar-refractivity contribution is -0.121. The number of rotatable bonds is 6. The molecule has 0 radical (unpaired) electrons. The first-order chi connectivity index (χ1) is 12.8. The van der Waals surface area contributed by atoms with Gasteiger partial charge in [-0.2, -0.15) is 0 Å². The van der Waals surface area contributed by atoms with Gasteiger partial charge in [0.05, 0.1) is 23.1 Å². The van der Waals surface area contributed by atoms with Crippen LogP contribution in [0.5, 0.6) is 0 Å². The van der Waals surface area contributed by atoms with Gasteiger partial charge in [-0.3, -0.25) is 4.79 Å². The zero-order valence-corrected chi connectivity index (χ0v) is 15.9. The van der Waals surface area contributed by atoms with E-state index in [0.29, 0.717) is 11.6 Å². The lowest BCUT2D eigenvalue weighted by Gasteiger charge is -2.14. The first-order valence-electron chi connectivity index (χ1n) is 8.42. The number of amides is 1. The van der Waals surface area contributed by atoms with E-state index in [0.717, 1.165) is 17.4 Å². The van der Waals surface area contributed by atoms with Gasteiger partial charge >= 0.3 is 0 Å². The molecule has 0 spiro atoms. The summed E-state index contributed by atoms with van der Waals surface area (Å²) < 4.78 is 28.5. The largest absolute Gasteiger partial charge is 0.444 e. The van der Waals surface area contributed by atoms with E-state index in [9.17, 15) is 13.2 Å². The first kappa shape index (κ1) is 18.8. The number of sulfone groups is 1. The molecule has 6 nitrogen and oxygen atoms in total. The summed E-state index contributed by atoms with van der Waals surface area (Å²) in [7, 11) is -3.24. The number of benzene rings is 2. The van der Waals surface area contributed by atoms with Gasteiger partial charge in [0, 0.05) is 11.8 Å². The Labute approximate surface area is 158 Å². The molecule has 0 fully saturated rings. The van der Waals surface area contributed by atoms with Crippen molar-refractivity contribution in [3.8, 4) is 11.5 Å². The van der Waals surface area contributed by atoms with Crippen molar-refractivity contribution in [2.24, 2.45) is 0 Å². The molecule has 3 aromatic rings. The Hall–Kier alpha value is -2.93. The van der Waals surface area contributed by atoms with Gasteiger partial charge in [0.2, 0.25) is 11.8 Å². The van der Waals surface area contributed by atoms with Crippen molar-refractivity contribution in [3.05, 3.63) is 72.1 Å². The molecule has 0 saturated heterocycles. The minimum absolute atomic E-state index is 0.0993. The van der Waals surface area contributed by atoms with Crippen LogP contribution in [0.1, 0.15) is 24.2 Å². The Bertz CT molecular complexity index is 1030. The lowest BCUT2D eigenvalue weighted by atomic mass is 10.1. The fraction of sp³-hybridized carbons (Fsp3) is 0.200. The molecule has 0 bridgehead atoms. The van der Waals surface area contributed by atoms with Crippen molar-refractivity contribution in [2.45, 2.75) is 24.3 Å². The maximum absolute atomic E-state index is 12.3. The van der Waals surface area contributed by atoms with Crippen molar-refractivity contribution >= 4 is 15.7 Å². The van der Waals surface area contributed by atoms with E-state index >= 15 is 0 Å². The van der Waals surface area contributed by atoms with E-state index in [1.807, 2.05) is 37.3 Å². The highest BCUT2D eigenvalue weighted by atomic mass is 32.2. The average molecular weight is 384 g/mol. The fourth-order valence-corrected chi connectivity index (χ4v) is 3.28. The quantitative estimate of drug-likeness (QED) is 0.705. The number of hydrogen-bond acceptors (Lipinski definition) is 5. The summed E-state index contributed by atoms with van der Waals surface area (Å²) in [6, 6.07) is 15.7. The number of oxazole rings is 1. The van der Waals surface area contributed by atoms with Gasteiger partial charge in [0.1, 0.15) is 6.26 Å². The van der Waals surface area contributed by atoms with E-state index < -0.39 is 9.84 Å². The van der Waals surface area contributed by atoms with E-state index in [2.05, 4.69) is 10.3 Å². The standard InChI is InChI=1S/C20H20N2O4S/c1-14(15-8-10-18(11-9-15)27(2,24)25)21-19(23)12-17-13-26-20(22-17)16-6-4-3-5-7-16/h3-11,13-14H,12H2,1-2H3,(H,21,23)/t14-/m1/s1. The highest BCUT2D eigenvalue weighted by molar-refractivity contribution is 7.90. The molecule has 7 heteroatoms. The topological polar surface area (TPSA) is 89.3 Å². The highest BCUT2D eigenvalue weighted by Crippen LogP contribution is 2.19. The summed E-state index contributed by atoms with van der Waals surface area (Å²) in [5, 5.41) is 2.88. The minimum atomic E-state index is -3.24. The maximum Gasteiger partial charge on any atom is 0.226 e. The number of carbonyl (C=O) groups excluding carboxylic acids is 1. The number of carbonyl (C=O) groups is 1. The van der Waals surface area contributed by atoms with Crippen LogP contribution in [0.3, 0.4) is 0 Å². The number of hydrogen-bond donors (Lipinski definition) is 1. The molecular weight excluding hydrogens is 364 g/mol. The van der Waals surface area contributed by atoms with E-state index in [-0.39, 0.29) is 23.3 Å². The van der Waals surface area contributed by atoms with Crippen molar-refractivity contribution in [2.75, 3.05) is 6.26 Å². The second-order valence-electron chi connectivity index (χ2n) is 6.32. The maximum atomic E-state index is 12.3. The predicted molar refractivity (Wildman–Crippen MR) is 102 cm³/mol. The zero-order chi connectivity index (χ0) is 19.4. The fourth-order valence-electron chi connectivity index (χ4n) is 2.65. The van der Waals surface area contributed by atoms with E-state index in [4.69, 9.17) is 4.42 Å². The highest BCUT2D eigenvalue weighted by Gasteiger charge is 2.14. The summed E-state index contributed by atoms with van der Waals surface area (Å²) >= 11 is 0. The van der Waals surface area contributed by atoms with Crippen LogP contribution in [0.25, 0.3) is 11.5 Å². The molecule has 2 aromatic carbocycles. The van der Waals surface area contributed by atoms with E-state index in [1.165, 1.54) is 18.4 Å². The van der Waals surface area contributed by atoms with Gasteiger partial charge in [-0.15, -0.1) is 0 Å². The van der Waals surface area contributed by atoms with Gasteiger partial charge in [-0.1, -0.05) is 30.3 Å². The Balaban J connectivity index is 1.61. The van der Waals surface area contributed by atoms with Crippen LogP contribution in [-0.2, 0) is 21.1 Å². The van der Waals surface area contributed by atoms with Crippen LogP contribution in [0.4, 0.5) is 0 Å². The Morgan fingerprint density at radius 2 is 1.78 bits per heavy atom. The van der Waals surface area contributed by atoms with Crippen molar-refractivity contribution in [3.63, 3.8) is 0 Å². The molecule has 3 rings (SSSR count). The SMILES string of the molecule is C[C@@H](NC(=O)Cc1coc(-c2ccccc2)n1)c1ccc(S(C)(=O)=O)cc1. The molecule has 140 valence electrons. The summed E-state index contributed by atoms with van der Waals surface area (Å²) in [4.78, 5) is 16.9. The molecule has 0 aliphatic heterocycles. The first-order valence-corrected chi connectivity index (χ1v) is 10.3. The van der Waals surface area contributed by atoms with Crippen LogP contribution >= 0.6 is 0 Å². The van der Waals surface area contributed by atoms with Gasteiger partial charge in [-0.25, -0.2) is 13.4 Å². The molecule has 27 heavy (non-hydrogen) atoms. The van der Waals surface area contributed by atoms with Gasteiger partial charge < -0.3 is 9.73 Å². The Morgan fingerprint density at radius 1 is 1.11 bits per heavy atom. The second-order valence-corrected chi connectivity index (χ2v) is 8.33. The zero-order valence-electron chi connectivity index (χ0n) is 15.0. The van der Waals surface area contributed by atoms with Crippen LogP contribution < -0.4 is 5.32 Å².